The minimum absolute atomic E-state index is 0.00483. The molecule has 0 aliphatic carbocycles. The molecule has 0 spiro atoms. The first-order valence-corrected chi connectivity index (χ1v) is 5.58. The minimum Gasteiger partial charge on any atom is -0.337 e. The van der Waals surface area contributed by atoms with Crippen LogP contribution in [0.25, 0.3) is 0 Å². The van der Waals surface area contributed by atoms with Gasteiger partial charge in [0, 0.05) is 18.7 Å². The maximum absolute atomic E-state index is 13.1. The first-order valence-electron chi connectivity index (χ1n) is 5.58. The van der Waals surface area contributed by atoms with Crippen LogP contribution >= 0.6 is 0 Å². The fraction of sp³-hybridized carbons (Fsp3) is 0.308. The molecule has 0 heterocycles. The summed E-state index contributed by atoms with van der Waals surface area (Å²) in [7, 11) is 0. The van der Waals surface area contributed by atoms with Gasteiger partial charge in [-0.2, -0.15) is 10.5 Å². The summed E-state index contributed by atoms with van der Waals surface area (Å²) in [5.41, 5.74) is -0.00483. The summed E-state index contributed by atoms with van der Waals surface area (Å²) >= 11 is 0. The van der Waals surface area contributed by atoms with Crippen LogP contribution < -0.4 is 0 Å². The Morgan fingerprint density at radius 1 is 1.11 bits per heavy atom. The monoisotopic (exact) mass is 263 g/mol. The van der Waals surface area contributed by atoms with Crippen molar-refractivity contribution >= 4 is 5.91 Å². The van der Waals surface area contributed by atoms with E-state index in [4.69, 9.17) is 10.5 Å². The van der Waals surface area contributed by atoms with Crippen molar-refractivity contribution in [1.82, 2.24) is 4.90 Å². The van der Waals surface area contributed by atoms with Crippen molar-refractivity contribution in [3.63, 3.8) is 0 Å². The summed E-state index contributed by atoms with van der Waals surface area (Å²) in [6.07, 6.45) is 0.224. The number of hydrogen-bond acceptors (Lipinski definition) is 3. The molecule has 1 aromatic carbocycles. The molecule has 19 heavy (non-hydrogen) atoms. The molecule has 1 amide bonds. The van der Waals surface area contributed by atoms with E-state index in [2.05, 4.69) is 0 Å². The van der Waals surface area contributed by atoms with Gasteiger partial charge >= 0.3 is 0 Å². The fourth-order valence-electron chi connectivity index (χ4n) is 1.50. The third-order valence-corrected chi connectivity index (χ3v) is 2.44. The molecule has 1 aromatic rings. The highest BCUT2D eigenvalue weighted by Crippen LogP contribution is 2.11. The maximum atomic E-state index is 13.1. The van der Waals surface area contributed by atoms with E-state index in [1.54, 1.807) is 0 Å². The van der Waals surface area contributed by atoms with Gasteiger partial charge in [-0.1, -0.05) is 0 Å². The molecule has 0 saturated heterocycles. The van der Waals surface area contributed by atoms with Crippen LogP contribution in [0.3, 0.4) is 0 Å². The Labute approximate surface area is 109 Å². The Morgan fingerprint density at radius 3 is 2.16 bits per heavy atom. The number of halogens is 2. The third kappa shape index (κ3) is 4.04. The second-order valence-electron chi connectivity index (χ2n) is 3.74. The van der Waals surface area contributed by atoms with Crippen molar-refractivity contribution in [2.75, 3.05) is 13.1 Å². The minimum atomic E-state index is -1.11. The summed E-state index contributed by atoms with van der Waals surface area (Å²) in [4.78, 5) is 13.3. The molecule has 0 bridgehead atoms. The SMILES string of the molecule is N#CCCN(CCC#N)C(=O)c1ccc(F)c(F)c1. The molecule has 0 aliphatic rings. The highest BCUT2D eigenvalue weighted by Gasteiger charge is 2.16. The lowest BCUT2D eigenvalue weighted by Crippen LogP contribution is -2.32. The fourth-order valence-corrected chi connectivity index (χ4v) is 1.50. The zero-order valence-corrected chi connectivity index (χ0v) is 10.1. The van der Waals surface area contributed by atoms with E-state index >= 15 is 0 Å². The van der Waals surface area contributed by atoms with Crippen LogP contribution in [0.2, 0.25) is 0 Å². The first kappa shape index (κ1) is 14.6. The van der Waals surface area contributed by atoms with E-state index < -0.39 is 17.5 Å². The zero-order chi connectivity index (χ0) is 14.3. The molecule has 0 unspecified atom stereocenters. The lowest BCUT2D eigenvalue weighted by atomic mass is 10.1. The smallest absolute Gasteiger partial charge is 0.254 e. The van der Waals surface area contributed by atoms with Gasteiger partial charge in [-0.25, -0.2) is 8.78 Å². The third-order valence-electron chi connectivity index (χ3n) is 2.44. The number of amides is 1. The van der Waals surface area contributed by atoms with E-state index in [9.17, 15) is 13.6 Å². The summed E-state index contributed by atoms with van der Waals surface area (Å²) in [5, 5.41) is 17.0. The Kier molecular flexibility index (Phi) is 5.43. The number of nitriles is 2. The molecule has 1 rings (SSSR count). The van der Waals surface area contributed by atoms with Crippen LogP contribution in [0.15, 0.2) is 18.2 Å². The van der Waals surface area contributed by atoms with Crippen LogP contribution in [-0.2, 0) is 0 Å². The van der Waals surface area contributed by atoms with Crippen LogP contribution in [0.5, 0.6) is 0 Å². The van der Waals surface area contributed by atoms with Gasteiger partial charge in [-0.3, -0.25) is 4.79 Å². The normalized spacial score (nSPS) is 9.47. The largest absolute Gasteiger partial charge is 0.337 e. The predicted molar refractivity (Wildman–Crippen MR) is 62.7 cm³/mol. The van der Waals surface area contributed by atoms with E-state index in [0.717, 1.165) is 12.1 Å². The number of benzene rings is 1. The Balaban J connectivity index is 2.88. The first-order chi connectivity index (χ1) is 9.10. The molecule has 0 aromatic heterocycles. The summed E-state index contributed by atoms with van der Waals surface area (Å²) in [6.45, 7) is 0.298. The number of nitrogens with zero attached hydrogens (tertiary/aromatic N) is 3. The molecule has 0 fully saturated rings. The van der Waals surface area contributed by atoms with Gasteiger partial charge < -0.3 is 4.90 Å². The highest BCUT2D eigenvalue weighted by atomic mass is 19.2. The topological polar surface area (TPSA) is 67.9 Å². The summed E-state index contributed by atoms with van der Waals surface area (Å²) < 4.78 is 25.8. The van der Waals surface area contributed by atoms with Crippen LogP contribution in [0.1, 0.15) is 23.2 Å². The standard InChI is InChI=1S/C13H11F2N3O/c14-11-4-3-10(9-12(11)15)13(19)18(7-1-5-16)8-2-6-17/h3-4,9H,1-2,7-8H2. The van der Waals surface area contributed by atoms with E-state index in [-0.39, 0.29) is 31.5 Å². The van der Waals surface area contributed by atoms with Gasteiger partial charge in [-0.05, 0) is 18.2 Å². The van der Waals surface area contributed by atoms with Crippen molar-refractivity contribution in [3.05, 3.63) is 35.4 Å². The highest BCUT2D eigenvalue weighted by molar-refractivity contribution is 5.94. The van der Waals surface area contributed by atoms with Crippen LogP contribution in [0, 0.1) is 34.3 Å². The summed E-state index contributed by atoms with van der Waals surface area (Å²) in [6, 6.07) is 6.63. The molecule has 0 atom stereocenters. The second-order valence-corrected chi connectivity index (χ2v) is 3.74. The number of hydrogen-bond donors (Lipinski definition) is 0. The van der Waals surface area contributed by atoms with Gasteiger partial charge in [-0.15, -0.1) is 0 Å². The Morgan fingerprint density at radius 2 is 1.68 bits per heavy atom. The van der Waals surface area contributed by atoms with E-state index in [1.807, 2.05) is 12.1 Å². The molecular weight excluding hydrogens is 252 g/mol. The molecule has 6 heteroatoms. The van der Waals surface area contributed by atoms with Gasteiger partial charge in [0.05, 0.1) is 25.0 Å². The molecule has 0 N–H and O–H groups in total. The van der Waals surface area contributed by atoms with Crippen molar-refractivity contribution in [2.45, 2.75) is 12.8 Å². The quantitative estimate of drug-likeness (QED) is 0.818. The molecule has 4 nitrogen and oxygen atoms in total. The lowest BCUT2D eigenvalue weighted by Gasteiger charge is -2.20. The van der Waals surface area contributed by atoms with Crippen molar-refractivity contribution in [1.29, 1.82) is 10.5 Å². The van der Waals surface area contributed by atoms with Crippen molar-refractivity contribution < 1.29 is 13.6 Å². The van der Waals surface area contributed by atoms with Crippen LogP contribution in [0.4, 0.5) is 8.78 Å². The lowest BCUT2D eigenvalue weighted by molar-refractivity contribution is 0.0762. The van der Waals surface area contributed by atoms with Crippen LogP contribution in [-0.4, -0.2) is 23.9 Å². The maximum Gasteiger partial charge on any atom is 0.254 e. The average molecular weight is 263 g/mol. The molecule has 0 radical (unpaired) electrons. The van der Waals surface area contributed by atoms with Gasteiger partial charge in [0.1, 0.15) is 0 Å². The van der Waals surface area contributed by atoms with Crippen molar-refractivity contribution in [2.24, 2.45) is 0 Å². The average Bonchev–Trinajstić information content (AvgIpc) is 2.41. The predicted octanol–water partition coefficient (Wildman–Crippen LogP) is 2.23. The molecule has 0 aliphatic heterocycles. The Hall–Kier alpha value is -2.47. The molecule has 0 saturated carbocycles. The zero-order valence-electron chi connectivity index (χ0n) is 10.1. The second kappa shape index (κ2) is 7.07. The van der Waals surface area contributed by atoms with E-state index in [1.165, 1.54) is 11.0 Å². The van der Waals surface area contributed by atoms with Crippen molar-refractivity contribution in [3.8, 4) is 12.1 Å². The molecular formula is C13H11F2N3O. The van der Waals surface area contributed by atoms with E-state index in [0.29, 0.717) is 0 Å². The van der Waals surface area contributed by atoms with Gasteiger partial charge in [0.25, 0.3) is 5.91 Å². The number of rotatable bonds is 5. The van der Waals surface area contributed by atoms with Gasteiger partial charge in [0.15, 0.2) is 11.6 Å². The van der Waals surface area contributed by atoms with Gasteiger partial charge in [0.2, 0.25) is 0 Å². The summed E-state index contributed by atoms with van der Waals surface area (Å²) in [5.74, 6) is -2.66. The Bertz CT molecular complexity index is 528. The number of carbonyl (C=O) groups is 1. The molecule has 98 valence electrons. The number of carbonyl (C=O) groups excluding carboxylic acids is 1.